The maximum atomic E-state index is 13.9. The third-order valence-electron chi connectivity index (χ3n) is 3.62. The van der Waals surface area contributed by atoms with Gasteiger partial charge in [-0.2, -0.15) is 0 Å². The van der Waals surface area contributed by atoms with Gasteiger partial charge in [-0.1, -0.05) is 24.3 Å². The summed E-state index contributed by atoms with van der Waals surface area (Å²) in [5.41, 5.74) is 0.999. The summed E-state index contributed by atoms with van der Waals surface area (Å²) in [6, 6.07) is 18.3. The predicted octanol–water partition coefficient (Wildman–Crippen LogP) is 3.69. The second-order valence-corrected chi connectivity index (χ2v) is 5.02. The molecule has 0 saturated carbocycles. The van der Waals surface area contributed by atoms with Gasteiger partial charge in [-0.05, 0) is 42.8 Å². The zero-order valence-electron chi connectivity index (χ0n) is 11.2. The molecule has 3 rings (SSSR count). The molecule has 0 amide bonds. The highest BCUT2D eigenvalue weighted by atomic mass is 19.1. The first-order chi connectivity index (χ1) is 9.83. The van der Waals surface area contributed by atoms with Gasteiger partial charge in [0.05, 0.1) is 0 Å². The lowest BCUT2D eigenvalue weighted by atomic mass is 9.89. The molecule has 2 aromatic rings. The molecule has 1 aliphatic heterocycles. The van der Waals surface area contributed by atoms with Crippen LogP contribution in [0.25, 0.3) is 0 Å². The summed E-state index contributed by atoms with van der Waals surface area (Å²) in [6.45, 7) is 1.31. The number of hydrogen-bond acceptors (Lipinski definition) is 2. The van der Waals surface area contributed by atoms with E-state index in [-0.39, 0.29) is 5.92 Å². The Kier molecular flexibility index (Phi) is 3.97. The largest absolute Gasteiger partial charge is 0.457 e. The van der Waals surface area contributed by atoms with Crippen LogP contribution in [-0.4, -0.2) is 19.3 Å². The topological polar surface area (TPSA) is 21.3 Å². The van der Waals surface area contributed by atoms with E-state index < -0.39 is 6.17 Å². The van der Waals surface area contributed by atoms with Crippen LogP contribution < -0.4 is 10.1 Å². The predicted molar refractivity (Wildman–Crippen MR) is 76.9 cm³/mol. The molecule has 1 saturated heterocycles. The summed E-state index contributed by atoms with van der Waals surface area (Å²) in [4.78, 5) is 0. The van der Waals surface area contributed by atoms with E-state index in [1.54, 1.807) is 0 Å². The Balaban J connectivity index is 1.71. The van der Waals surface area contributed by atoms with Crippen molar-refractivity contribution < 1.29 is 9.13 Å². The highest BCUT2D eigenvalue weighted by molar-refractivity contribution is 5.33. The van der Waals surface area contributed by atoms with E-state index in [4.69, 9.17) is 4.74 Å². The monoisotopic (exact) mass is 270 g/mol. The molecule has 2 aromatic carbocycles. The lowest BCUT2D eigenvalue weighted by Gasteiger charge is -2.27. The Morgan fingerprint density at radius 3 is 2.70 bits per heavy atom. The molecule has 1 heterocycles. The van der Waals surface area contributed by atoms with Crippen LogP contribution >= 0.6 is 0 Å². The van der Waals surface area contributed by atoms with Crippen molar-refractivity contribution in [3.63, 3.8) is 0 Å². The summed E-state index contributed by atoms with van der Waals surface area (Å²) < 4.78 is 19.6. The fourth-order valence-electron chi connectivity index (χ4n) is 2.53. The average molecular weight is 270 g/mol. The van der Waals surface area contributed by atoms with Crippen molar-refractivity contribution in [1.82, 2.24) is 5.32 Å². The molecule has 1 radical (unpaired) electrons. The molecule has 103 valence electrons. The number of hydrogen-bond donors (Lipinski definition) is 1. The van der Waals surface area contributed by atoms with E-state index in [0.717, 1.165) is 24.3 Å². The van der Waals surface area contributed by atoms with Gasteiger partial charge in [0.1, 0.15) is 17.7 Å². The van der Waals surface area contributed by atoms with Gasteiger partial charge in [-0.15, -0.1) is 0 Å². The normalized spacial score (nSPS) is 22.4. The molecule has 0 bridgehead atoms. The average Bonchev–Trinajstić information content (AvgIpc) is 2.50. The number of piperidine rings is 1. The van der Waals surface area contributed by atoms with Crippen molar-refractivity contribution in [1.29, 1.82) is 0 Å². The molecule has 1 aliphatic rings. The number of halogens is 1. The molecule has 0 aliphatic carbocycles. The van der Waals surface area contributed by atoms with Crippen molar-refractivity contribution >= 4 is 0 Å². The molecular formula is C17H17FNO. The second kappa shape index (κ2) is 6.06. The Morgan fingerprint density at radius 1 is 1.15 bits per heavy atom. The fourth-order valence-corrected chi connectivity index (χ4v) is 2.53. The smallest absolute Gasteiger partial charge is 0.135 e. The minimum absolute atomic E-state index is 0.0294. The molecule has 0 unspecified atom stereocenters. The molecule has 2 atom stereocenters. The summed E-state index contributed by atoms with van der Waals surface area (Å²) >= 11 is 0. The van der Waals surface area contributed by atoms with Crippen LogP contribution in [0, 0.1) is 6.07 Å². The van der Waals surface area contributed by atoms with Crippen LogP contribution in [0.3, 0.4) is 0 Å². The van der Waals surface area contributed by atoms with E-state index in [2.05, 4.69) is 11.4 Å². The standard InChI is InChI=1S/C17H17FNO/c18-17-12-19-11-10-16(17)13-6-8-15(9-7-13)20-14-4-2-1-3-5-14/h1-8,16-17,19H,10-12H2/t16-,17+/m0/s1. The first-order valence-electron chi connectivity index (χ1n) is 6.92. The van der Waals surface area contributed by atoms with Crippen molar-refractivity contribution in [3.05, 3.63) is 60.2 Å². The zero-order chi connectivity index (χ0) is 13.8. The fraction of sp³-hybridized carbons (Fsp3) is 0.294. The molecular weight excluding hydrogens is 253 g/mol. The van der Waals surface area contributed by atoms with E-state index in [9.17, 15) is 4.39 Å². The second-order valence-electron chi connectivity index (χ2n) is 5.02. The number of alkyl halides is 1. The summed E-state index contributed by atoms with van der Waals surface area (Å²) in [5, 5.41) is 3.07. The zero-order valence-corrected chi connectivity index (χ0v) is 11.2. The number of para-hydroxylation sites is 1. The SMILES string of the molecule is F[C@@H]1CNCC[C@H]1c1c[c]c(Oc2ccccc2)cc1. The maximum absolute atomic E-state index is 13.9. The van der Waals surface area contributed by atoms with Gasteiger partial charge in [-0.25, -0.2) is 4.39 Å². The quantitative estimate of drug-likeness (QED) is 0.918. The number of ether oxygens (including phenoxy) is 1. The summed E-state index contributed by atoms with van der Waals surface area (Å²) in [7, 11) is 0. The van der Waals surface area contributed by atoms with Gasteiger partial charge in [0.15, 0.2) is 0 Å². The Morgan fingerprint density at radius 2 is 2.00 bits per heavy atom. The van der Waals surface area contributed by atoms with Gasteiger partial charge in [0.25, 0.3) is 0 Å². The van der Waals surface area contributed by atoms with Gasteiger partial charge < -0.3 is 10.1 Å². The van der Waals surface area contributed by atoms with Crippen LogP contribution in [0.1, 0.15) is 17.9 Å². The van der Waals surface area contributed by atoms with Crippen LogP contribution in [-0.2, 0) is 0 Å². The number of benzene rings is 2. The van der Waals surface area contributed by atoms with E-state index in [1.807, 2.05) is 48.5 Å². The first-order valence-corrected chi connectivity index (χ1v) is 6.92. The third kappa shape index (κ3) is 2.99. The lowest BCUT2D eigenvalue weighted by Crippen LogP contribution is -2.36. The highest BCUT2D eigenvalue weighted by Crippen LogP contribution is 2.29. The van der Waals surface area contributed by atoms with Crippen molar-refractivity contribution in [3.8, 4) is 11.5 Å². The molecule has 1 fully saturated rings. The van der Waals surface area contributed by atoms with Gasteiger partial charge in [0, 0.05) is 18.5 Å². The molecule has 1 N–H and O–H groups in total. The van der Waals surface area contributed by atoms with Crippen LogP contribution in [0.5, 0.6) is 11.5 Å². The highest BCUT2D eigenvalue weighted by Gasteiger charge is 2.25. The molecule has 0 aromatic heterocycles. The Hall–Kier alpha value is -1.87. The van der Waals surface area contributed by atoms with E-state index >= 15 is 0 Å². The minimum atomic E-state index is -0.821. The maximum Gasteiger partial charge on any atom is 0.135 e. The third-order valence-corrected chi connectivity index (χ3v) is 3.62. The van der Waals surface area contributed by atoms with E-state index in [1.165, 1.54) is 0 Å². The number of rotatable bonds is 3. The van der Waals surface area contributed by atoms with Crippen molar-refractivity contribution in [2.24, 2.45) is 0 Å². The number of nitrogens with one attached hydrogen (secondary N) is 1. The van der Waals surface area contributed by atoms with Crippen LogP contribution in [0.2, 0.25) is 0 Å². The molecule has 20 heavy (non-hydrogen) atoms. The Labute approximate surface area is 118 Å². The first kappa shape index (κ1) is 13.1. The minimum Gasteiger partial charge on any atom is -0.457 e. The van der Waals surface area contributed by atoms with Crippen LogP contribution in [0.15, 0.2) is 48.5 Å². The molecule has 0 spiro atoms. The van der Waals surface area contributed by atoms with Gasteiger partial charge in [-0.3, -0.25) is 0 Å². The lowest BCUT2D eigenvalue weighted by molar-refractivity contribution is 0.231. The van der Waals surface area contributed by atoms with Crippen molar-refractivity contribution in [2.45, 2.75) is 18.5 Å². The molecule has 3 heteroatoms. The van der Waals surface area contributed by atoms with Crippen molar-refractivity contribution in [2.75, 3.05) is 13.1 Å². The summed E-state index contributed by atoms with van der Waals surface area (Å²) in [6.07, 6.45) is 0.00602. The Bertz CT molecular complexity index is 541. The van der Waals surface area contributed by atoms with E-state index in [0.29, 0.717) is 12.3 Å². The summed E-state index contributed by atoms with van der Waals surface area (Å²) in [5.74, 6) is 1.41. The van der Waals surface area contributed by atoms with Crippen LogP contribution in [0.4, 0.5) is 4.39 Å². The molecule has 2 nitrogen and oxygen atoms in total. The van der Waals surface area contributed by atoms with Gasteiger partial charge >= 0.3 is 0 Å². The van der Waals surface area contributed by atoms with Gasteiger partial charge in [0.2, 0.25) is 0 Å².